The minimum absolute atomic E-state index is 0.000580. The Labute approximate surface area is 122 Å². The van der Waals surface area contributed by atoms with E-state index in [1.807, 2.05) is 13.8 Å². The molecule has 0 bridgehead atoms. The lowest BCUT2D eigenvalue weighted by atomic mass is 9.79. The minimum Gasteiger partial charge on any atom is -0.350 e. The monoisotopic (exact) mass is 277 g/mol. The third-order valence-corrected chi connectivity index (χ3v) is 4.37. The van der Waals surface area contributed by atoms with Crippen molar-refractivity contribution in [3.05, 3.63) is 0 Å². The summed E-state index contributed by atoms with van der Waals surface area (Å²) in [6.45, 7) is 4.35. The lowest BCUT2D eigenvalue weighted by molar-refractivity contribution is -0.134. The normalized spacial score (nSPS) is 24.5. The quantitative estimate of drug-likeness (QED) is 0.456. The van der Waals surface area contributed by atoms with Crippen LogP contribution in [-0.2, 0) is 14.4 Å². The van der Waals surface area contributed by atoms with E-state index >= 15 is 0 Å². The van der Waals surface area contributed by atoms with Crippen LogP contribution in [-0.4, -0.2) is 31.8 Å². The van der Waals surface area contributed by atoms with E-state index in [9.17, 15) is 14.4 Å². The van der Waals surface area contributed by atoms with E-state index < -0.39 is 11.6 Å². The maximum atomic E-state index is 12.5. The number of Topliss-reactive ketones (excluding diaryl/α,β-unsaturated/α-hetero) is 1. The predicted molar refractivity (Wildman–Crippen MR) is 78.3 cm³/mol. The molecule has 5 heteroatoms. The molecule has 4 nitrogen and oxygen atoms in total. The van der Waals surface area contributed by atoms with Gasteiger partial charge in [0.25, 0.3) is 5.91 Å². The van der Waals surface area contributed by atoms with Crippen LogP contribution in [0.15, 0.2) is 0 Å². The fraction of sp³-hybridized carbons (Fsp3) is 0.800. The molecule has 1 aliphatic rings. The topological polar surface area (TPSA) is 63.2 Å². The molecule has 0 heterocycles. The maximum Gasteiger partial charge on any atom is 0.275 e. The van der Waals surface area contributed by atoms with Crippen molar-refractivity contribution >= 4 is 25.2 Å². The number of hydrogen-bond acceptors (Lipinski definition) is 3. The van der Waals surface area contributed by atoms with Crippen molar-refractivity contribution < 1.29 is 14.4 Å². The molecule has 0 aromatic heterocycles. The summed E-state index contributed by atoms with van der Waals surface area (Å²) < 4.78 is 0. The lowest BCUT2D eigenvalue weighted by Crippen LogP contribution is -2.39. The van der Waals surface area contributed by atoms with Crippen LogP contribution in [0.4, 0.5) is 0 Å². The first kappa shape index (κ1) is 16.9. The first-order valence-corrected chi connectivity index (χ1v) is 7.58. The van der Waals surface area contributed by atoms with Crippen LogP contribution in [0.25, 0.3) is 0 Å². The molecule has 1 amide bonds. The Hall–Kier alpha value is -1.13. The zero-order chi connectivity index (χ0) is 15.1. The van der Waals surface area contributed by atoms with Crippen molar-refractivity contribution in [2.45, 2.75) is 52.4 Å². The van der Waals surface area contributed by atoms with Gasteiger partial charge in [0.05, 0.1) is 0 Å². The van der Waals surface area contributed by atoms with E-state index in [0.717, 1.165) is 38.5 Å². The highest BCUT2D eigenvalue weighted by atomic mass is 16.2. The zero-order valence-electron chi connectivity index (χ0n) is 12.5. The van der Waals surface area contributed by atoms with Gasteiger partial charge in [-0.15, -0.1) is 0 Å². The van der Waals surface area contributed by atoms with Gasteiger partial charge in [-0.3, -0.25) is 9.59 Å². The number of nitrogens with one attached hydrogen (secondary N) is 1. The van der Waals surface area contributed by atoms with Gasteiger partial charge in [0.15, 0.2) is 13.5 Å². The summed E-state index contributed by atoms with van der Waals surface area (Å²) in [6, 6.07) is 0. The SMILES string of the molecule is [B]C(=O)C(=O)NCC1CCCCCC1C(=O)C(C)CC. The van der Waals surface area contributed by atoms with E-state index in [0.29, 0.717) is 12.3 Å². The third-order valence-electron chi connectivity index (χ3n) is 4.37. The molecular weight excluding hydrogens is 253 g/mol. The Balaban J connectivity index is 2.68. The van der Waals surface area contributed by atoms with Crippen molar-refractivity contribution in [3.8, 4) is 0 Å². The fourth-order valence-corrected chi connectivity index (χ4v) is 2.88. The van der Waals surface area contributed by atoms with Gasteiger partial charge in [-0.05, 0) is 25.2 Å². The Bertz CT molecular complexity index is 370. The molecule has 110 valence electrons. The highest BCUT2D eigenvalue weighted by Crippen LogP contribution is 2.31. The average molecular weight is 277 g/mol. The Morgan fingerprint density at radius 3 is 2.45 bits per heavy atom. The molecule has 20 heavy (non-hydrogen) atoms. The number of carbonyl (C=O) groups excluding carboxylic acids is 3. The first-order valence-electron chi connectivity index (χ1n) is 7.58. The number of hydrogen-bond donors (Lipinski definition) is 1. The van der Waals surface area contributed by atoms with Crippen molar-refractivity contribution in [3.63, 3.8) is 0 Å². The van der Waals surface area contributed by atoms with Crippen LogP contribution in [0.1, 0.15) is 52.4 Å². The fourth-order valence-electron chi connectivity index (χ4n) is 2.88. The smallest absolute Gasteiger partial charge is 0.275 e. The molecule has 1 N–H and O–H groups in total. The second kappa shape index (κ2) is 8.23. The molecule has 1 rings (SSSR count). The molecule has 0 aliphatic heterocycles. The van der Waals surface area contributed by atoms with Gasteiger partial charge in [0.1, 0.15) is 5.78 Å². The van der Waals surface area contributed by atoms with Gasteiger partial charge in [0, 0.05) is 18.4 Å². The molecule has 0 saturated heterocycles. The van der Waals surface area contributed by atoms with Crippen LogP contribution in [0.3, 0.4) is 0 Å². The number of carbonyl (C=O) groups is 3. The Kier molecular flexibility index (Phi) is 6.96. The molecule has 3 atom stereocenters. The van der Waals surface area contributed by atoms with Gasteiger partial charge in [0.2, 0.25) is 0 Å². The molecule has 1 fully saturated rings. The summed E-state index contributed by atoms with van der Waals surface area (Å²) in [6.07, 6.45) is 5.92. The van der Waals surface area contributed by atoms with Crippen LogP contribution in [0.2, 0.25) is 0 Å². The first-order chi connectivity index (χ1) is 9.47. The van der Waals surface area contributed by atoms with E-state index in [4.69, 9.17) is 7.85 Å². The minimum atomic E-state index is -0.969. The molecule has 1 saturated carbocycles. The van der Waals surface area contributed by atoms with Crippen molar-refractivity contribution in [1.82, 2.24) is 5.32 Å². The summed E-state index contributed by atoms with van der Waals surface area (Å²) in [4.78, 5) is 34.5. The summed E-state index contributed by atoms with van der Waals surface area (Å²) in [5.41, 5.74) is -0.969. The lowest BCUT2D eigenvalue weighted by Gasteiger charge is -2.26. The van der Waals surface area contributed by atoms with Crippen LogP contribution in [0.5, 0.6) is 0 Å². The Morgan fingerprint density at radius 2 is 1.85 bits per heavy atom. The maximum absolute atomic E-state index is 12.5. The van der Waals surface area contributed by atoms with E-state index in [1.54, 1.807) is 0 Å². The third kappa shape index (κ3) is 4.76. The molecule has 0 aromatic carbocycles. The number of amides is 1. The van der Waals surface area contributed by atoms with Crippen LogP contribution < -0.4 is 5.32 Å². The highest BCUT2D eigenvalue weighted by molar-refractivity contribution is 6.76. The summed E-state index contributed by atoms with van der Waals surface area (Å²) in [5, 5.41) is 2.56. The summed E-state index contributed by atoms with van der Waals surface area (Å²) >= 11 is 0. The number of ketones is 1. The van der Waals surface area contributed by atoms with Gasteiger partial charge in [-0.1, -0.05) is 33.1 Å². The molecular formula is C15H24BNO3. The highest BCUT2D eigenvalue weighted by Gasteiger charge is 2.31. The van der Waals surface area contributed by atoms with Crippen LogP contribution >= 0.6 is 0 Å². The van der Waals surface area contributed by atoms with Gasteiger partial charge in [-0.25, -0.2) is 0 Å². The zero-order valence-corrected chi connectivity index (χ0v) is 12.5. The van der Waals surface area contributed by atoms with E-state index in [1.165, 1.54) is 0 Å². The van der Waals surface area contributed by atoms with E-state index in [2.05, 4.69) is 5.32 Å². The van der Waals surface area contributed by atoms with Crippen molar-refractivity contribution in [2.24, 2.45) is 17.8 Å². The largest absolute Gasteiger partial charge is 0.350 e. The molecule has 2 radical (unpaired) electrons. The van der Waals surface area contributed by atoms with Gasteiger partial charge < -0.3 is 10.1 Å². The average Bonchev–Trinajstić information content (AvgIpc) is 2.68. The van der Waals surface area contributed by atoms with Crippen molar-refractivity contribution in [1.29, 1.82) is 0 Å². The molecule has 0 spiro atoms. The Morgan fingerprint density at radius 1 is 1.20 bits per heavy atom. The molecule has 0 aromatic rings. The second-order valence-electron chi connectivity index (χ2n) is 5.79. The standard InChI is InChI=1S/C15H24BNO3/c1-3-10(2)13(18)12-8-6-4-5-7-11(12)9-17-15(20)14(16)19/h10-12H,3-9H2,1-2H3,(H,17,20). The van der Waals surface area contributed by atoms with Crippen molar-refractivity contribution in [2.75, 3.05) is 6.54 Å². The van der Waals surface area contributed by atoms with E-state index in [-0.39, 0.29) is 17.8 Å². The summed E-state index contributed by atoms with van der Waals surface area (Å²) in [5.74, 6) is -0.271. The second-order valence-corrected chi connectivity index (χ2v) is 5.79. The number of rotatable bonds is 6. The van der Waals surface area contributed by atoms with Gasteiger partial charge >= 0.3 is 0 Å². The summed E-state index contributed by atoms with van der Waals surface area (Å²) in [7, 11) is 4.93. The molecule has 1 aliphatic carbocycles. The van der Waals surface area contributed by atoms with Crippen LogP contribution in [0, 0.1) is 17.8 Å². The van der Waals surface area contributed by atoms with Gasteiger partial charge in [-0.2, -0.15) is 0 Å². The molecule has 3 unspecified atom stereocenters. The predicted octanol–water partition coefficient (Wildman–Crippen LogP) is 1.61.